The van der Waals surface area contributed by atoms with E-state index in [1.807, 2.05) is 6.07 Å². The van der Waals surface area contributed by atoms with Crippen molar-refractivity contribution in [2.45, 2.75) is 24.2 Å². The lowest BCUT2D eigenvalue weighted by molar-refractivity contribution is 0.0730. The summed E-state index contributed by atoms with van der Waals surface area (Å²) in [6.07, 6.45) is 5.13. The fourth-order valence-corrected chi connectivity index (χ4v) is 5.23. The lowest BCUT2D eigenvalue weighted by Crippen LogP contribution is -2.40. The van der Waals surface area contributed by atoms with E-state index in [9.17, 15) is 13.2 Å². The van der Waals surface area contributed by atoms with E-state index in [0.29, 0.717) is 32.0 Å². The first-order valence-electron chi connectivity index (χ1n) is 10.2. The van der Waals surface area contributed by atoms with Crippen LogP contribution in [-0.4, -0.2) is 63.0 Å². The van der Waals surface area contributed by atoms with Gasteiger partial charge in [0.25, 0.3) is 5.91 Å². The highest BCUT2D eigenvalue weighted by Crippen LogP contribution is 2.26. The molecule has 30 heavy (non-hydrogen) atoms. The molecule has 2 aliphatic rings. The molecule has 1 amide bonds. The van der Waals surface area contributed by atoms with Crippen LogP contribution < -0.4 is 10.2 Å². The van der Waals surface area contributed by atoms with Gasteiger partial charge < -0.3 is 15.0 Å². The molecule has 0 atom stereocenters. The van der Waals surface area contributed by atoms with Crippen molar-refractivity contribution in [1.29, 1.82) is 0 Å². The van der Waals surface area contributed by atoms with Gasteiger partial charge in [-0.2, -0.15) is 4.31 Å². The molecule has 2 fully saturated rings. The normalized spacial score (nSPS) is 18.2. The van der Waals surface area contributed by atoms with Crippen molar-refractivity contribution in [3.05, 3.63) is 48.2 Å². The second-order valence-electron chi connectivity index (χ2n) is 7.42. The number of piperidine rings is 1. The van der Waals surface area contributed by atoms with Crippen molar-refractivity contribution in [1.82, 2.24) is 9.29 Å². The highest BCUT2D eigenvalue weighted by molar-refractivity contribution is 7.89. The summed E-state index contributed by atoms with van der Waals surface area (Å²) in [7, 11) is -3.66. The molecule has 2 aromatic rings. The molecule has 0 radical (unpaired) electrons. The topological polar surface area (TPSA) is 91.8 Å². The number of benzene rings is 1. The molecule has 1 aromatic carbocycles. The van der Waals surface area contributed by atoms with E-state index in [1.54, 1.807) is 24.4 Å². The van der Waals surface area contributed by atoms with E-state index in [-0.39, 0.29) is 16.4 Å². The third-order valence-electron chi connectivity index (χ3n) is 5.39. The van der Waals surface area contributed by atoms with Gasteiger partial charge in [0.2, 0.25) is 10.0 Å². The maximum atomic E-state index is 12.9. The fourth-order valence-electron chi connectivity index (χ4n) is 3.78. The first-order chi connectivity index (χ1) is 14.6. The van der Waals surface area contributed by atoms with E-state index < -0.39 is 10.0 Å². The van der Waals surface area contributed by atoms with Crippen molar-refractivity contribution < 1.29 is 17.9 Å². The Morgan fingerprint density at radius 3 is 2.53 bits per heavy atom. The van der Waals surface area contributed by atoms with Gasteiger partial charge in [0.05, 0.1) is 23.8 Å². The Bertz CT molecular complexity index is 1000. The van der Waals surface area contributed by atoms with Crippen LogP contribution in [-0.2, 0) is 14.8 Å². The standard InChI is InChI=1S/C21H26N4O4S/c26-21(23-19-8-5-9-22-20(19)24-10-2-1-3-11-24)17-6-4-7-18(16-17)30(27,28)25-12-14-29-15-13-25/h4-9,16H,1-3,10-15H2,(H,23,26). The summed E-state index contributed by atoms with van der Waals surface area (Å²) in [6, 6.07) is 9.76. The van der Waals surface area contributed by atoms with Crippen molar-refractivity contribution in [2.24, 2.45) is 0 Å². The molecule has 8 nitrogen and oxygen atoms in total. The fraction of sp³-hybridized carbons (Fsp3) is 0.429. The number of morpholine rings is 1. The Morgan fingerprint density at radius 1 is 1.00 bits per heavy atom. The molecule has 2 saturated heterocycles. The van der Waals surface area contributed by atoms with Crippen LogP contribution in [0.5, 0.6) is 0 Å². The van der Waals surface area contributed by atoms with Gasteiger partial charge in [-0.1, -0.05) is 6.07 Å². The van der Waals surface area contributed by atoms with Gasteiger partial charge >= 0.3 is 0 Å². The van der Waals surface area contributed by atoms with Crippen molar-refractivity contribution in [2.75, 3.05) is 49.6 Å². The molecule has 1 aromatic heterocycles. The number of nitrogens with zero attached hydrogens (tertiary/aromatic N) is 3. The molecule has 0 bridgehead atoms. The summed E-state index contributed by atoms with van der Waals surface area (Å²) >= 11 is 0. The number of carbonyl (C=O) groups is 1. The van der Waals surface area contributed by atoms with E-state index in [1.165, 1.54) is 22.9 Å². The molecule has 3 heterocycles. The Labute approximate surface area is 176 Å². The first kappa shape index (κ1) is 20.8. The summed E-state index contributed by atoms with van der Waals surface area (Å²) in [5.74, 6) is 0.392. The van der Waals surface area contributed by atoms with Gasteiger partial charge in [-0.05, 0) is 49.6 Å². The van der Waals surface area contributed by atoms with Crippen LogP contribution in [0.15, 0.2) is 47.5 Å². The Hall–Kier alpha value is -2.49. The highest BCUT2D eigenvalue weighted by atomic mass is 32.2. The second kappa shape index (κ2) is 9.11. The minimum Gasteiger partial charge on any atom is -0.379 e. The number of anilines is 2. The van der Waals surface area contributed by atoms with Gasteiger partial charge in [0.1, 0.15) is 0 Å². The van der Waals surface area contributed by atoms with Crippen LogP contribution in [0.25, 0.3) is 0 Å². The van der Waals surface area contributed by atoms with Crippen LogP contribution in [0.4, 0.5) is 11.5 Å². The van der Waals surface area contributed by atoms with Gasteiger partial charge in [-0.15, -0.1) is 0 Å². The van der Waals surface area contributed by atoms with Gasteiger partial charge in [-0.25, -0.2) is 13.4 Å². The highest BCUT2D eigenvalue weighted by Gasteiger charge is 2.27. The summed E-state index contributed by atoms with van der Waals surface area (Å²) in [4.78, 5) is 19.7. The number of sulfonamides is 1. The predicted octanol–water partition coefficient (Wildman–Crippen LogP) is 2.35. The van der Waals surface area contributed by atoms with Crippen molar-refractivity contribution >= 4 is 27.4 Å². The Morgan fingerprint density at radius 2 is 1.77 bits per heavy atom. The number of hydrogen-bond donors (Lipinski definition) is 1. The number of rotatable bonds is 5. The van der Waals surface area contributed by atoms with Gasteiger partial charge in [0, 0.05) is 37.9 Å². The minimum absolute atomic E-state index is 0.111. The molecule has 4 rings (SSSR count). The Balaban J connectivity index is 1.54. The average molecular weight is 431 g/mol. The van der Waals surface area contributed by atoms with Crippen LogP contribution in [0.3, 0.4) is 0 Å². The molecule has 9 heteroatoms. The first-order valence-corrected chi connectivity index (χ1v) is 11.7. The molecule has 0 aliphatic carbocycles. The number of hydrogen-bond acceptors (Lipinski definition) is 6. The quantitative estimate of drug-likeness (QED) is 0.783. The number of carbonyl (C=O) groups excluding carboxylic acids is 1. The average Bonchev–Trinajstić information content (AvgIpc) is 2.80. The third kappa shape index (κ3) is 4.48. The Kier molecular flexibility index (Phi) is 6.31. The largest absolute Gasteiger partial charge is 0.379 e. The maximum absolute atomic E-state index is 12.9. The SMILES string of the molecule is O=C(Nc1cccnc1N1CCCCC1)c1cccc(S(=O)(=O)N2CCOCC2)c1. The predicted molar refractivity (Wildman–Crippen MR) is 114 cm³/mol. The summed E-state index contributed by atoms with van der Waals surface area (Å²) in [5, 5.41) is 2.91. The zero-order valence-electron chi connectivity index (χ0n) is 16.8. The van der Waals surface area contributed by atoms with Crippen LogP contribution in [0.2, 0.25) is 0 Å². The molecular formula is C21H26N4O4S. The molecular weight excluding hydrogens is 404 g/mol. The minimum atomic E-state index is -3.66. The number of amides is 1. The van der Waals surface area contributed by atoms with E-state index >= 15 is 0 Å². The van der Waals surface area contributed by atoms with Crippen LogP contribution in [0, 0.1) is 0 Å². The van der Waals surface area contributed by atoms with E-state index in [0.717, 1.165) is 31.7 Å². The molecule has 0 saturated carbocycles. The second-order valence-corrected chi connectivity index (χ2v) is 9.36. The van der Waals surface area contributed by atoms with Crippen molar-refractivity contribution in [3.63, 3.8) is 0 Å². The van der Waals surface area contributed by atoms with E-state index in [2.05, 4.69) is 15.2 Å². The van der Waals surface area contributed by atoms with Crippen LogP contribution >= 0.6 is 0 Å². The van der Waals surface area contributed by atoms with Gasteiger partial charge in [0.15, 0.2) is 5.82 Å². The lowest BCUT2D eigenvalue weighted by atomic mass is 10.1. The van der Waals surface area contributed by atoms with Crippen LogP contribution in [0.1, 0.15) is 29.6 Å². The molecule has 0 unspecified atom stereocenters. The molecule has 1 N–H and O–H groups in total. The third-order valence-corrected chi connectivity index (χ3v) is 7.29. The number of ether oxygens (including phenoxy) is 1. The number of aromatic nitrogens is 1. The lowest BCUT2D eigenvalue weighted by Gasteiger charge is -2.29. The van der Waals surface area contributed by atoms with Crippen molar-refractivity contribution in [3.8, 4) is 0 Å². The smallest absolute Gasteiger partial charge is 0.255 e. The maximum Gasteiger partial charge on any atom is 0.255 e. The molecule has 0 spiro atoms. The molecule has 160 valence electrons. The van der Waals surface area contributed by atoms with E-state index in [4.69, 9.17) is 4.74 Å². The van der Waals surface area contributed by atoms with Gasteiger partial charge in [-0.3, -0.25) is 4.79 Å². The molecule has 2 aliphatic heterocycles. The number of pyridine rings is 1. The monoisotopic (exact) mass is 430 g/mol. The summed E-state index contributed by atoms with van der Waals surface area (Å²) in [5.41, 5.74) is 0.920. The zero-order valence-corrected chi connectivity index (χ0v) is 17.6. The summed E-state index contributed by atoms with van der Waals surface area (Å²) in [6.45, 7) is 3.20. The number of nitrogens with one attached hydrogen (secondary N) is 1. The zero-order chi connectivity index (χ0) is 21.0. The summed E-state index contributed by atoms with van der Waals surface area (Å²) < 4.78 is 32.4.